The molecule has 1 unspecified atom stereocenters. The highest BCUT2D eigenvalue weighted by molar-refractivity contribution is 9.10. The molecule has 0 bridgehead atoms. The number of pyridine rings is 1. The number of furan rings is 1. The Hall–Kier alpha value is -2.43. The van der Waals surface area contributed by atoms with Crippen molar-refractivity contribution in [2.45, 2.75) is 19.0 Å². The van der Waals surface area contributed by atoms with Gasteiger partial charge >= 0.3 is 5.92 Å². The molecular formula is C18H13BrF2N4O2S. The minimum Gasteiger partial charge on any atom is -0.451 e. The van der Waals surface area contributed by atoms with E-state index in [4.69, 9.17) is 10.2 Å². The fourth-order valence-corrected chi connectivity index (χ4v) is 4.14. The van der Waals surface area contributed by atoms with Crippen molar-refractivity contribution in [1.82, 2.24) is 15.0 Å². The number of nitrogen functional groups attached to an aromatic ring is 1. The number of anilines is 1. The van der Waals surface area contributed by atoms with Crippen LogP contribution in [0.5, 0.6) is 0 Å². The summed E-state index contributed by atoms with van der Waals surface area (Å²) in [5, 5.41) is 11.2. The molecule has 0 aliphatic rings. The Balaban J connectivity index is 1.76. The van der Waals surface area contributed by atoms with Gasteiger partial charge in [-0.3, -0.25) is 4.98 Å². The second kappa shape index (κ2) is 6.87. The van der Waals surface area contributed by atoms with E-state index in [-0.39, 0.29) is 17.4 Å². The molecule has 10 heteroatoms. The van der Waals surface area contributed by atoms with Crippen molar-refractivity contribution in [2.24, 2.45) is 0 Å². The van der Waals surface area contributed by atoms with Gasteiger partial charge in [-0.2, -0.15) is 8.78 Å². The second-order valence-corrected chi connectivity index (χ2v) is 8.04. The summed E-state index contributed by atoms with van der Waals surface area (Å²) in [5.74, 6) is -3.23. The third-order valence-electron chi connectivity index (χ3n) is 4.02. The molecule has 3 N–H and O–H groups in total. The van der Waals surface area contributed by atoms with E-state index in [0.717, 1.165) is 6.92 Å². The number of alkyl halides is 2. The number of nitrogens with two attached hydrogens (primary N) is 1. The molecule has 0 aliphatic carbocycles. The van der Waals surface area contributed by atoms with Gasteiger partial charge in [0.15, 0.2) is 17.3 Å². The summed E-state index contributed by atoms with van der Waals surface area (Å²) in [6, 6.07) is 7.78. The van der Waals surface area contributed by atoms with Crippen LogP contribution in [0.1, 0.15) is 29.4 Å². The van der Waals surface area contributed by atoms with Gasteiger partial charge in [-0.25, -0.2) is 9.97 Å². The van der Waals surface area contributed by atoms with Crippen LogP contribution in [0.25, 0.3) is 21.8 Å². The summed E-state index contributed by atoms with van der Waals surface area (Å²) < 4.78 is 32.7. The molecule has 0 fully saturated rings. The lowest BCUT2D eigenvalue weighted by Gasteiger charge is -2.08. The normalized spacial score (nSPS) is 13.2. The van der Waals surface area contributed by atoms with E-state index in [2.05, 4.69) is 30.9 Å². The minimum absolute atomic E-state index is 0.0908. The SMILES string of the molecule is CC(F)(F)c1ccc(-c2nc(N)c3cc(C(O)c4ncccc4Br)sc3n2)o1. The van der Waals surface area contributed by atoms with Crippen molar-refractivity contribution in [3.8, 4) is 11.6 Å². The zero-order chi connectivity index (χ0) is 20.1. The lowest BCUT2D eigenvalue weighted by molar-refractivity contribution is -0.00473. The highest BCUT2D eigenvalue weighted by Gasteiger charge is 2.29. The van der Waals surface area contributed by atoms with Crippen molar-refractivity contribution in [2.75, 3.05) is 5.73 Å². The topological polar surface area (TPSA) is 98.1 Å². The van der Waals surface area contributed by atoms with E-state index in [1.807, 2.05) is 0 Å². The van der Waals surface area contributed by atoms with E-state index in [0.29, 0.717) is 25.3 Å². The molecule has 144 valence electrons. The molecule has 0 spiro atoms. The van der Waals surface area contributed by atoms with Gasteiger partial charge in [0.25, 0.3) is 0 Å². The molecular weight excluding hydrogens is 454 g/mol. The van der Waals surface area contributed by atoms with Crippen molar-refractivity contribution in [1.29, 1.82) is 0 Å². The second-order valence-electron chi connectivity index (χ2n) is 6.13. The summed E-state index contributed by atoms with van der Waals surface area (Å²) in [6.07, 6.45) is 0.604. The first kappa shape index (κ1) is 18.9. The predicted octanol–water partition coefficient (Wildman–Crippen LogP) is 4.88. The quantitative estimate of drug-likeness (QED) is 0.444. The number of thiophene rings is 1. The van der Waals surface area contributed by atoms with Crippen molar-refractivity contribution >= 4 is 43.3 Å². The van der Waals surface area contributed by atoms with Crippen LogP contribution in [-0.2, 0) is 5.92 Å². The van der Waals surface area contributed by atoms with Crippen molar-refractivity contribution in [3.05, 3.63) is 57.3 Å². The van der Waals surface area contributed by atoms with E-state index in [9.17, 15) is 13.9 Å². The molecule has 1 atom stereocenters. The van der Waals surface area contributed by atoms with E-state index in [1.165, 1.54) is 23.5 Å². The van der Waals surface area contributed by atoms with Crippen LogP contribution in [0.4, 0.5) is 14.6 Å². The van der Waals surface area contributed by atoms with Crippen LogP contribution in [0.3, 0.4) is 0 Å². The van der Waals surface area contributed by atoms with Gasteiger partial charge in [-0.15, -0.1) is 11.3 Å². The predicted molar refractivity (Wildman–Crippen MR) is 105 cm³/mol. The average Bonchev–Trinajstić information content (AvgIpc) is 3.28. The van der Waals surface area contributed by atoms with Crippen molar-refractivity contribution < 1.29 is 18.3 Å². The van der Waals surface area contributed by atoms with Crippen LogP contribution in [0.2, 0.25) is 0 Å². The molecule has 0 amide bonds. The van der Waals surface area contributed by atoms with Crippen LogP contribution in [0.15, 0.2) is 45.4 Å². The number of nitrogens with zero attached hydrogens (tertiary/aromatic N) is 3. The van der Waals surface area contributed by atoms with Crippen LogP contribution < -0.4 is 5.73 Å². The first-order chi connectivity index (χ1) is 13.2. The Morgan fingerprint density at radius 1 is 1.29 bits per heavy atom. The Morgan fingerprint density at radius 3 is 2.75 bits per heavy atom. The zero-order valence-electron chi connectivity index (χ0n) is 14.4. The molecule has 0 aromatic carbocycles. The van der Waals surface area contributed by atoms with Crippen LogP contribution in [0, 0.1) is 0 Å². The van der Waals surface area contributed by atoms with E-state index < -0.39 is 17.8 Å². The fraction of sp³-hybridized carbons (Fsp3) is 0.167. The summed E-state index contributed by atoms with van der Waals surface area (Å²) in [6.45, 7) is 0.747. The number of rotatable bonds is 4. The fourth-order valence-electron chi connectivity index (χ4n) is 2.63. The number of halogens is 3. The lowest BCUT2D eigenvalue weighted by atomic mass is 10.2. The number of hydrogen-bond acceptors (Lipinski definition) is 7. The number of hydrogen-bond donors (Lipinski definition) is 2. The van der Waals surface area contributed by atoms with E-state index in [1.54, 1.807) is 24.4 Å². The number of aliphatic hydroxyl groups excluding tert-OH is 1. The van der Waals surface area contributed by atoms with Gasteiger partial charge in [-0.05, 0) is 46.3 Å². The summed E-state index contributed by atoms with van der Waals surface area (Å²) in [7, 11) is 0. The summed E-state index contributed by atoms with van der Waals surface area (Å²) >= 11 is 4.58. The third-order valence-corrected chi connectivity index (χ3v) is 5.77. The van der Waals surface area contributed by atoms with Gasteiger partial charge in [0.2, 0.25) is 0 Å². The lowest BCUT2D eigenvalue weighted by Crippen LogP contribution is -2.04. The maximum atomic E-state index is 13.4. The van der Waals surface area contributed by atoms with Gasteiger partial charge in [0.05, 0.1) is 11.1 Å². The van der Waals surface area contributed by atoms with Gasteiger partial charge in [0, 0.05) is 22.5 Å². The third kappa shape index (κ3) is 3.38. The monoisotopic (exact) mass is 466 g/mol. The Kier molecular flexibility index (Phi) is 4.64. The Morgan fingerprint density at radius 2 is 2.07 bits per heavy atom. The first-order valence-electron chi connectivity index (χ1n) is 8.08. The molecule has 28 heavy (non-hydrogen) atoms. The highest BCUT2D eigenvalue weighted by atomic mass is 79.9. The number of aliphatic hydroxyl groups is 1. The van der Waals surface area contributed by atoms with Gasteiger partial charge in [0.1, 0.15) is 16.8 Å². The molecule has 4 rings (SSSR count). The molecule has 4 aromatic rings. The highest BCUT2D eigenvalue weighted by Crippen LogP contribution is 2.37. The smallest absolute Gasteiger partial charge is 0.301 e. The van der Waals surface area contributed by atoms with Crippen LogP contribution in [-0.4, -0.2) is 20.1 Å². The standard InChI is InChI=1S/C18H13BrF2N4O2S/c1-18(20,21)12-5-4-10(27-12)16-24-15(22)8-7-11(28-17(8)25-16)14(26)13-9(19)3-2-6-23-13/h2-7,14,26H,1H3,(H2,22,24,25). The molecule has 0 radical (unpaired) electrons. The first-order valence-corrected chi connectivity index (χ1v) is 9.69. The Labute approximate surface area is 170 Å². The van der Waals surface area contributed by atoms with Gasteiger partial charge < -0.3 is 15.3 Å². The molecule has 0 saturated heterocycles. The van der Waals surface area contributed by atoms with Crippen molar-refractivity contribution in [3.63, 3.8) is 0 Å². The molecule has 4 aromatic heterocycles. The summed E-state index contributed by atoms with van der Waals surface area (Å²) in [5.41, 5.74) is 6.49. The maximum Gasteiger partial charge on any atom is 0.301 e. The zero-order valence-corrected chi connectivity index (χ0v) is 16.8. The number of aromatic nitrogens is 3. The maximum absolute atomic E-state index is 13.4. The summed E-state index contributed by atoms with van der Waals surface area (Å²) in [4.78, 5) is 13.8. The molecule has 0 saturated carbocycles. The average molecular weight is 467 g/mol. The molecule has 0 aliphatic heterocycles. The Bertz CT molecular complexity index is 1170. The van der Waals surface area contributed by atoms with Crippen LogP contribution >= 0.6 is 27.3 Å². The minimum atomic E-state index is -3.11. The molecule has 6 nitrogen and oxygen atoms in total. The molecule has 4 heterocycles. The van der Waals surface area contributed by atoms with Gasteiger partial charge in [-0.1, -0.05) is 0 Å². The van der Waals surface area contributed by atoms with E-state index >= 15 is 0 Å². The number of fused-ring (bicyclic) bond motifs is 1. The largest absolute Gasteiger partial charge is 0.451 e.